The minimum absolute atomic E-state index is 0.0121. The smallest absolute Gasteiger partial charge is 0.326 e. The van der Waals surface area contributed by atoms with Gasteiger partial charge in [-0.3, -0.25) is 57.5 Å². The Bertz CT molecular complexity index is 1990. The number of carboxylic acid groups (broad SMARTS) is 5. The molecule has 0 aliphatic heterocycles. The third-order valence-electron chi connectivity index (χ3n) is 11.4. The van der Waals surface area contributed by atoms with Gasteiger partial charge < -0.3 is 84.6 Å². The first-order valence-corrected chi connectivity index (χ1v) is 24.6. The molecule has 426 valence electrons. The van der Waals surface area contributed by atoms with Gasteiger partial charge in [-0.05, 0) is 75.7 Å². The number of hydrogen-bond acceptors (Lipinski definition) is 16. The lowest BCUT2D eigenvalue weighted by molar-refractivity contribution is -0.144. The third kappa shape index (κ3) is 27.7. The van der Waals surface area contributed by atoms with E-state index >= 15 is 0 Å². The number of amides is 8. The van der Waals surface area contributed by atoms with E-state index in [2.05, 4.69) is 42.5 Å². The number of aliphatic carboxylic acids is 5. The van der Waals surface area contributed by atoms with Crippen LogP contribution >= 0.6 is 0 Å². The van der Waals surface area contributed by atoms with E-state index < -0.39 is 183 Å². The molecular formula is C46H78N10O19. The normalized spacial score (nSPS) is 15.1. The van der Waals surface area contributed by atoms with Gasteiger partial charge in [0.25, 0.3) is 0 Å². The topological polar surface area (TPSA) is 492 Å². The fraction of sp³-hybridized carbons (Fsp3) is 0.717. The van der Waals surface area contributed by atoms with Crippen LogP contribution in [0.15, 0.2) is 0 Å². The Kier molecular flexibility index (Phi) is 31.9. The van der Waals surface area contributed by atoms with Crippen LogP contribution in [0.5, 0.6) is 0 Å². The summed E-state index contributed by atoms with van der Waals surface area (Å²) in [5, 5.41) is 75.7. The second-order valence-electron chi connectivity index (χ2n) is 18.9. The van der Waals surface area contributed by atoms with E-state index in [1.165, 1.54) is 0 Å². The molecule has 29 nitrogen and oxygen atoms in total. The van der Waals surface area contributed by atoms with Crippen LogP contribution in [0.25, 0.3) is 0 Å². The number of aliphatic hydroxyl groups is 1. The zero-order valence-electron chi connectivity index (χ0n) is 43.2. The molecule has 0 spiro atoms. The molecule has 0 aliphatic rings. The Morgan fingerprint density at radius 1 is 0.427 bits per heavy atom. The minimum atomic E-state index is -1.96. The number of nitrogens with one attached hydrogen (secondary N) is 8. The van der Waals surface area contributed by atoms with Gasteiger partial charge in [-0.2, -0.15) is 0 Å². The molecule has 0 rings (SSSR count). The quantitative estimate of drug-likeness (QED) is 0.0267. The molecule has 0 aromatic carbocycles. The summed E-state index contributed by atoms with van der Waals surface area (Å²) in [5.74, 6) is -17.1. The minimum Gasteiger partial charge on any atom is -0.481 e. The molecule has 0 saturated heterocycles. The van der Waals surface area contributed by atoms with Crippen molar-refractivity contribution in [1.82, 2.24) is 42.5 Å². The molecule has 10 unspecified atom stereocenters. The SMILES string of the molecule is CCC(C)C(NC(=O)C(CC(C)C)NC(=O)C(CCCCN)NC(=O)C(N)CCC(=O)O)C(=O)NC(CO)C(=O)NC(CCC(=O)O)C(=O)NC(CCC(=O)O)C(=O)NC(CC(=O)O)C(=O)NC(CC(C)C)C(=O)O. The summed E-state index contributed by atoms with van der Waals surface area (Å²) in [6, 6.07) is -14.5. The highest BCUT2D eigenvalue weighted by Gasteiger charge is 2.37. The maximum absolute atomic E-state index is 14.0. The highest BCUT2D eigenvalue weighted by atomic mass is 16.4. The lowest BCUT2D eigenvalue weighted by atomic mass is 9.96. The van der Waals surface area contributed by atoms with Crippen molar-refractivity contribution in [3.8, 4) is 0 Å². The molecule has 29 heteroatoms. The lowest BCUT2D eigenvalue weighted by Gasteiger charge is -2.30. The van der Waals surface area contributed by atoms with Crippen molar-refractivity contribution < 1.29 is 93.0 Å². The maximum atomic E-state index is 14.0. The number of aliphatic hydroxyl groups excluding tert-OH is 1. The Labute approximate surface area is 433 Å². The first-order valence-electron chi connectivity index (χ1n) is 24.6. The van der Waals surface area contributed by atoms with Crippen molar-refractivity contribution in [2.24, 2.45) is 29.2 Å². The molecule has 0 saturated carbocycles. The number of carbonyl (C=O) groups is 13. The van der Waals surface area contributed by atoms with Gasteiger partial charge >= 0.3 is 29.8 Å². The van der Waals surface area contributed by atoms with Crippen LogP contribution in [0.1, 0.15) is 125 Å². The van der Waals surface area contributed by atoms with E-state index in [-0.39, 0.29) is 50.5 Å². The highest BCUT2D eigenvalue weighted by molar-refractivity contribution is 5.99. The zero-order chi connectivity index (χ0) is 57.7. The van der Waals surface area contributed by atoms with E-state index in [9.17, 15) is 87.9 Å². The molecular weight excluding hydrogens is 997 g/mol. The lowest BCUT2D eigenvalue weighted by Crippen LogP contribution is -2.62. The Morgan fingerprint density at radius 3 is 1.23 bits per heavy atom. The molecule has 75 heavy (non-hydrogen) atoms. The number of rotatable bonds is 39. The fourth-order valence-electron chi connectivity index (χ4n) is 7.08. The second kappa shape index (κ2) is 35.2. The summed E-state index contributed by atoms with van der Waals surface area (Å²) in [4.78, 5) is 166. The number of carboxylic acids is 5. The van der Waals surface area contributed by atoms with E-state index in [4.69, 9.17) is 16.6 Å². The Morgan fingerprint density at radius 2 is 0.800 bits per heavy atom. The van der Waals surface area contributed by atoms with Gasteiger partial charge in [0.15, 0.2) is 0 Å². The number of unbranched alkanes of at least 4 members (excludes halogenated alkanes) is 1. The van der Waals surface area contributed by atoms with Gasteiger partial charge in [-0.25, -0.2) is 4.79 Å². The van der Waals surface area contributed by atoms with Crippen LogP contribution in [-0.4, -0.2) is 175 Å². The predicted octanol–water partition coefficient (Wildman–Crippen LogP) is -3.39. The molecule has 0 aliphatic carbocycles. The van der Waals surface area contributed by atoms with Crippen molar-refractivity contribution in [2.45, 2.75) is 179 Å². The van der Waals surface area contributed by atoms with Crippen molar-refractivity contribution in [2.75, 3.05) is 13.2 Å². The molecule has 18 N–H and O–H groups in total. The monoisotopic (exact) mass is 1070 g/mol. The van der Waals surface area contributed by atoms with Gasteiger partial charge in [0.1, 0.15) is 48.3 Å². The Hall–Kier alpha value is -7.01. The van der Waals surface area contributed by atoms with E-state index in [0.29, 0.717) is 12.8 Å². The molecule has 0 fully saturated rings. The van der Waals surface area contributed by atoms with Crippen molar-refractivity contribution in [3.63, 3.8) is 0 Å². The highest BCUT2D eigenvalue weighted by Crippen LogP contribution is 2.14. The van der Waals surface area contributed by atoms with Gasteiger partial charge in [-0.1, -0.05) is 48.0 Å². The van der Waals surface area contributed by atoms with Gasteiger partial charge in [0.2, 0.25) is 47.3 Å². The number of carbonyl (C=O) groups excluding carboxylic acids is 8. The zero-order valence-corrected chi connectivity index (χ0v) is 43.2. The summed E-state index contributed by atoms with van der Waals surface area (Å²) < 4.78 is 0. The standard InChI is InChI=1S/C46H78N10O19/c1-7-24(6)37(56-43(71)29(18-22(2)3)52-39(67)26(10-8-9-17-47)49-38(66)25(48)11-14-33(58)59)45(73)55-32(21-57)44(72)51-27(12-15-34(60)61)40(68)50-28(13-16-35(62)63)41(69)53-30(20-36(64)65)42(70)54-31(46(74)75)19-23(4)5/h22-32,37,57H,7-21,47-48H2,1-6H3,(H,49,66)(H,50,68)(H,51,72)(H,52,67)(H,53,69)(H,54,70)(H,55,73)(H,56,71)(H,58,59)(H,60,61)(H,62,63)(H,64,65)(H,74,75). The summed E-state index contributed by atoms with van der Waals surface area (Å²) >= 11 is 0. The molecule has 8 amide bonds. The number of nitrogens with two attached hydrogens (primary N) is 2. The van der Waals surface area contributed by atoms with Crippen molar-refractivity contribution >= 4 is 77.1 Å². The van der Waals surface area contributed by atoms with E-state index in [1.807, 2.05) is 0 Å². The van der Waals surface area contributed by atoms with E-state index in [1.54, 1.807) is 41.5 Å². The maximum Gasteiger partial charge on any atom is 0.326 e. The average molecular weight is 1080 g/mol. The van der Waals surface area contributed by atoms with Crippen LogP contribution in [0, 0.1) is 17.8 Å². The van der Waals surface area contributed by atoms with Gasteiger partial charge in [0, 0.05) is 19.3 Å². The van der Waals surface area contributed by atoms with Crippen LogP contribution in [0.4, 0.5) is 0 Å². The summed E-state index contributed by atoms with van der Waals surface area (Å²) in [5.41, 5.74) is 11.5. The van der Waals surface area contributed by atoms with Crippen LogP contribution < -0.4 is 54.0 Å². The molecule has 0 aromatic heterocycles. The molecule has 0 aromatic rings. The molecule has 0 radical (unpaired) electrons. The molecule has 10 atom stereocenters. The van der Waals surface area contributed by atoms with Gasteiger partial charge in [-0.15, -0.1) is 0 Å². The van der Waals surface area contributed by atoms with Crippen molar-refractivity contribution in [3.05, 3.63) is 0 Å². The Balaban J connectivity index is 6.64. The second-order valence-corrected chi connectivity index (χ2v) is 18.9. The van der Waals surface area contributed by atoms with Gasteiger partial charge in [0.05, 0.1) is 19.1 Å². The predicted molar refractivity (Wildman–Crippen MR) is 262 cm³/mol. The fourth-order valence-corrected chi connectivity index (χ4v) is 7.08. The first kappa shape index (κ1) is 68.0. The summed E-state index contributed by atoms with van der Waals surface area (Å²) in [6.45, 7) is 9.10. The molecule has 0 heterocycles. The average Bonchev–Trinajstić information content (AvgIpc) is 3.31. The third-order valence-corrected chi connectivity index (χ3v) is 11.4. The van der Waals surface area contributed by atoms with E-state index in [0.717, 1.165) is 0 Å². The van der Waals surface area contributed by atoms with Crippen LogP contribution in [0.2, 0.25) is 0 Å². The van der Waals surface area contributed by atoms with Crippen LogP contribution in [0.3, 0.4) is 0 Å². The first-order chi connectivity index (χ1) is 35.0. The summed E-state index contributed by atoms with van der Waals surface area (Å²) in [7, 11) is 0. The largest absolute Gasteiger partial charge is 0.481 e. The summed E-state index contributed by atoms with van der Waals surface area (Å²) in [6.07, 6.45) is -3.73. The van der Waals surface area contributed by atoms with Crippen molar-refractivity contribution in [1.29, 1.82) is 0 Å². The molecule has 0 bridgehead atoms. The number of hydrogen-bond donors (Lipinski definition) is 16. The van der Waals surface area contributed by atoms with Crippen LogP contribution in [-0.2, 0) is 62.3 Å².